The summed E-state index contributed by atoms with van der Waals surface area (Å²) in [6.07, 6.45) is -2.56. The summed E-state index contributed by atoms with van der Waals surface area (Å²) in [4.78, 5) is 7.97. The van der Waals surface area contributed by atoms with Gasteiger partial charge < -0.3 is 19.2 Å². The summed E-state index contributed by atoms with van der Waals surface area (Å²) in [5.74, 6) is 1.24. The lowest BCUT2D eigenvalue weighted by atomic mass is 10.2. The molecule has 0 radical (unpaired) electrons. The third kappa shape index (κ3) is 5.69. The van der Waals surface area contributed by atoms with Crippen molar-refractivity contribution in [2.75, 3.05) is 44.2 Å². The van der Waals surface area contributed by atoms with Crippen molar-refractivity contribution in [2.45, 2.75) is 18.9 Å². The minimum atomic E-state index is -4.38. The lowest BCUT2D eigenvalue weighted by Crippen LogP contribution is -2.49. The minimum absolute atomic E-state index is 0.210. The molecule has 0 aromatic carbocycles. The Bertz CT molecular complexity index is 684. The van der Waals surface area contributed by atoms with Gasteiger partial charge in [-0.3, -0.25) is 4.90 Å². The molecule has 3 rings (SSSR count). The van der Waals surface area contributed by atoms with Crippen molar-refractivity contribution in [3.8, 4) is 0 Å². The molecule has 3 heterocycles. The van der Waals surface area contributed by atoms with E-state index in [0.717, 1.165) is 12.3 Å². The van der Waals surface area contributed by atoms with Gasteiger partial charge in [0.05, 0.1) is 24.5 Å². The molecule has 27 heavy (non-hydrogen) atoms. The first-order valence-corrected chi connectivity index (χ1v) is 8.70. The molecule has 9 heteroatoms. The topological polar surface area (TPSA) is 62.0 Å². The minimum Gasteiger partial charge on any atom is -0.467 e. The van der Waals surface area contributed by atoms with E-state index < -0.39 is 17.8 Å². The number of ether oxygens (including phenoxy) is 1. The summed E-state index contributed by atoms with van der Waals surface area (Å²) in [6, 6.07) is 6.03. The van der Waals surface area contributed by atoms with Crippen LogP contribution in [-0.4, -0.2) is 60.4 Å². The van der Waals surface area contributed by atoms with Crippen LogP contribution in [0.1, 0.15) is 11.3 Å². The van der Waals surface area contributed by atoms with E-state index in [2.05, 4.69) is 9.88 Å². The Hall–Kier alpha value is -2.10. The normalized spacial score (nSPS) is 17.3. The molecule has 0 spiro atoms. The first-order chi connectivity index (χ1) is 12.9. The molecule has 0 aliphatic carbocycles. The van der Waals surface area contributed by atoms with E-state index in [0.29, 0.717) is 50.9 Å². The molecule has 2 aromatic heterocycles. The van der Waals surface area contributed by atoms with Crippen molar-refractivity contribution in [1.82, 2.24) is 9.88 Å². The molecule has 1 aliphatic heterocycles. The average Bonchev–Trinajstić information content (AvgIpc) is 3.15. The molecule has 0 amide bonds. The summed E-state index contributed by atoms with van der Waals surface area (Å²) >= 11 is 0. The highest BCUT2D eigenvalue weighted by Crippen LogP contribution is 2.29. The van der Waals surface area contributed by atoms with E-state index in [4.69, 9.17) is 9.15 Å². The fourth-order valence-corrected chi connectivity index (χ4v) is 2.94. The van der Waals surface area contributed by atoms with Crippen LogP contribution in [0.5, 0.6) is 0 Å². The number of aromatic nitrogens is 1. The van der Waals surface area contributed by atoms with Crippen LogP contribution < -0.4 is 4.90 Å². The van der Waals surface area contributed by atoms with Crippen molar-refractivity contribution in [1.29, 1.82) is 0 Å². The summed E-state index contributed by atoms with van der Waals surface area (Å²) in [7, 11) is 0. The molecule has 1 fully saturated rings. The van der Waals surface area contributed by atoms with Crippen molar-refractivity contribution in [2.24, 2.45) is 0 Å². The van der Waals surface area contributed by atoms with Crippen LogP contribution in [0.2, 0.25) is 0 Å². The molecular formula is C18H22F3N3O3. The quantitative estimate of drug-likeness (QED) is 0.790. The average molecular weight is 385 g/mol. The number of hydrogen-bond acceptors (Lipinski definition) is 6. The third-order valence-corrected chi connectivity index (χ3v) is 4.38. The second kappa shape index (κ2) is 8.73. The van der Waals surface area contributed by atoms with Gasteiger partial charge in [0.15, 0.2) is 0 Å². The van der Waals surface area contributed by atoms with Crippen LogP contribution in [0.4, 0.5) is 19.0 Å². The smallest absolute Gasteiger partial charge is 0.417 e. The van der Waals surface area contributed by atoms with Crippen molar-refractivity contribution >= 4 is 5.82 Å². The highest BCUT2D eigenvalue weighted by Gasteiger charge is 2.31. The predicted molar refractivity (Wildman–Crippen MR) is 92.3 cm³/mol. The highest BCUT2D eigenvalue weighted by molar-refractivity contribution is 5.40. The molecule has 1 aliphatic rings. The Balaban J connectivity index is 1.39. The van der Waals surface area contributed by atoms with Crippen LogP contribution >= 0.6 is 0 Å². The van der Waals surface area contributed by atoms with Crippen LogP contribution in [0.25, 0.3) is 0 Å². The number of anilines is 1. The van der Waals surface area contributed by atoms with E-state index >= 15 is 0 Å². The Morgan fingerprint density at radius 3 is 2.56 bits per heavy atom. The van der Waals surface area contributed by atoms with E-state index in [1.54, 1.807) is 18.4 Å². The number of piperazine rings is 1. The second-order valence-electron chi connectivity index (χ2n) is 6.44. The van der Waals surface area contributed by atoms with Gasteiger partial charge in [-0.2, -0.15) is 13.2 Å². The first-order valence-electron chi connectivity index (χ1n) is 8.70. The number of pyridine rings is 1. The number of aliphatic hydroxyl groups is 1. The van der Waals surface area contributed by atoms with Gasteiger partial charge in [-0.15, -0.1) is 0 Å². The lowest BCUT2D eigenvalue weighted by Gasteiger charge is -2.36. The summed E-state index contributed by atoms with van der Waals surface area (Å²) in [5.41, 5.74) is -0.748. The fourth-order valence-electron chi connectivity index (χ4n) is 2.94. The zero-order valence-corrected chi connectivity index (χ0v) is 14.7. The number of rotatable bonds is 7. The molecule has 1 unspecified atom stereocenters. The molecule has 1 saturated heterocycles. The Morgan fingerprint density at radius 2 is 1.96 bits per heavy atom. The van der Waals surface area contributed by atoms with Gasteiger partial charge in [0.25, 0.3) is 0 Å². The van der Waals surface area contributed by atoms with Gasteiger partial charge >= 0.3 is 6.18 Å². The number of halogens is 3. The molecule has 0 saturated carbocycles. The summed E-state index contributed by atoms with van der Waals surface area (Å²) in [6.45, 7) is 3.66. The maximum atomic E-state index is 12.6. The van der Waals surface area contributed by atoms with Crippen LogP contribution in [0, 0.1) is 0 Å². The Morgan fingerprint density at radius 1 is 1.19 bits per heavy atom. The zero-order valence-electron chi connectivity index (χ0n) is 14.7. The van der Waals surface area contributed by atoms with E-state index in [9.17, 15) is 18.3 Å². The largest absolute Gasteiger partial charge is 0.467 e. The van der Waals surface area contributed by atoms with Gasteiger partial charge in [0.2, 0.25) is 0 Å². The number of aliphatic hydroxyl groups excluding tert-OH is 1. The molecule has 148 valence electrons. The number of furan rings is 1. The van der Waals surface area contributed by atoms with Crippen LogP contribution in [-0.2, 0) is 17.5 Å². The number of nitrogens with zero attached hydrogens (tertiary/aromatic N) is 3. The lowest BCUT2D eigenvalue weighted by molar-refractivity contribution is -0.137. The second-order valence-corrected chi connectivity index (χ2v) is 6.44. The maximum absolute atomic E-state index is 12.6. The number of alkyl halides is 3. The van der Waals surface area contributed by atoms with Crippen molar-refractivity contribution < 1.29 is 27.4 Å². The first kappa shape index (κ1) is 19.7. The third-order valence-electron chi connectivity index (χ3n) is 4.38. The van der Waals surface area contributed by atoms with E-state index in [-0.39, 0.29) is 6.61 Å². The summed E-state index contributed by atoms with van der Waals surface area (Å²) in [5, 5.41) is 10.1. The molecular weight excluding hydrogens is 363 g/mol. The molecule has 0 bridgehead atoms. The molecule has 2 aromatic rings. The van der Waals surface area contributed by atoms with Gasteiger partial charge in [-0.1, -0.05) is 0 Å². The van der Waals surface area contributed by atoms with Crippen LogP contribution in [0.15, 0.2) is 41.1 Å². The maximum Gasteiger partial charge on any atom is 0.417 e. The van der Waals surface area contributed by atoms with Crippen LogP contribution in [0.3, 0.4) is 0 Å². The number of β-amino-alcohol motifs (C(OH)–C–C–N with tert-alkyl or cyclic N) is 1. The molecule has 1 N–H and O–H groups in total. The van der Waals surface area contributed by atoms with Gasteiger partial charge in [0, 0.05) is 38.9 Å². The Labute approximate surface area is 155 Å². The SMILES string of the molecule is OC(COCc1ccco1)CN1CCN(c2ccc(C(F)(F)F)cn2)CC1. The highest BCUT2D eigenvalue weighted by atomic mass is 19.4. The predicted octanol–water partition coefficient (Wildman–Crippen LogP) is 2.39. The monoisotopic (exact) mass is 385 g/mol. The summed E-state index contributed by atoms with van der Waals surface area (Å²) < 4.78 is 48.4. The number of hydrogen-bond donors (Lipinski definition) is 1. The van der Waals surface area contributed by atoms with Crippen molar-refractivity contribution in [3.63, 3.8) is 0 Å². The zero-order chi connectivity index (χ0) is 19.3. The van der Waals surface area contributed by atoms with Gasteiger partial charge in [-0.25, -0.2) is 4.98 Å². The van der Waals surface area contributed by atoms with E-state index in [1.165, 1.54) is 6.07 Å². The van der Waals surface area contributed by atoms with Gasteiger partial charge in [0.1, 0.15) is 18.2 Å². The fraction of sp³-hybridized carbons (Fsp3) is 0.500. The Kier molecular flexibility index (Phi) is 6.35. The standard InChI is InChI=1S/C18H22F3N3O3/c19-18(20,21)14-3-4-17(22-10-14)24-7-5-23(6-8-24)11-15(25)12-26-13-16-2-1-9-27-16/h1-4,9-10,15,25H,5-8,11-13H2. The van der Waals surface area contributed by atoms with Gasteiger partial charge in [-0.05, 0) is 24.3 Å². The van der Waals surface area contributed by atoms with E-state index in [1.807, 2.05) is 4.90 Å². The molecule has 6 nitrogen and oxygen atoms in total. The van der Waals surface area contributed by atoms with Crippen molar-refractivity contribution in [3.05, 3.63) is 48.0 Å². The molecule has 1 atom stereocenters.